The lowest BCUT2D eigenvalue weighted by Gasteiger charge is -2.26. The molecule has 1 aliphatic heterocycles. The summed E-state index contributed by atoms with van der Waals surface area (Å²) in [6, 6.07) is 23.0. The molecule has 0 atom stereocenters. The molecule has 1 fully saturated rings. The van der Waals surface area contributed by atoms with Gasteiger partial charge in [-0.05, 0) is 47.5 Å². The normalized spacial score (nSPS) is 13.2. The van der Waals surface area contributed by atoms with Gasteiger partial charge in [0.05, 0.1) is 20.3 Å². The van der Waals surface area contributed by atoms with Gasteiger partial charge in [-0.25, -0.2) is 9.97 Å². The first-order chi connectivity index (χ1) is 20.0. The highest BCUT2D eigenvalue weighted by molar-refractivity contribution is 5.96. The van der Waals surface area contributed by atoms with Crippen LogP contribution in [0.4, 0.5) is 5.95 Å². The Morgan fingerprint density at radius 3 is 2.17 bits per heavy atom. The summed E-state index contributed by atoms with van der Waals surface area (Å²) in [6.45, 7) is 4.79. The zero-order chi connectivity index (χ0) is 28.6. The van der Waals surface area contributed by atoms with Crippen molar-refractivity contribution >= 4 is 11.9 Å². The van der Waals surface area contributed by atoms with E-state index in [-0.39, 0.29) is 23.1 Å². The molecule has 0 unspecified atom stereocenters. The fourth-order valence-electron chi connectivity index (χ4n) is 4.40. The van der Waals surface area contributed by atoms with Crippen molar-refractivity contribution in [2.45, 2.75) is 13.1 Å². The molecule has 0 radical (unpaired) electrons. The second-order valence-electron chi connectivity index (χ2n) is 9.57. The van der Waals surface area contributed by atoms with Crippen LogP contribution in [0, 0.1) is 11.8 Å². The molecular weight excluding hydrogens is 518 g/mol. The highest BCUT2D eigenvalue weighted by Crippen LogP contribution is 2.31. The van der Waals surface area contributed by atoms with E-state index in [9.17, 15) is 9.90 Å². The number of morpholine rings is 1. The van der Waals surface area contributed by atoms with Crippen molar-refractivity contribution in [3.63, 3.8) is 0 Å². The third-order valence-electron chi connectivity index (χ3n) is 6.70. The summed E-state index contributed by atoms with van der Waals surface area (Å²) in [6.07, 6.45) is 0. The van der Waals surface area contributed by atoms with Crippen LogP contribution in [0.25, 0.3) is 11.3 Å². The molecule has 5 rings (SSSR count). The number of aromatic nitrogens is 2. The second kappa shape index (κ2) is 13.0. The van der Waals surface area contributed by atoms with Crippen LogP contribution in [0.1, 0.15) is 32.7 Å². The molecule has 4 aromatic rings. The number of nitrogens with one attached hydrogen (secondary N) is 1. The van der Waals surface area contributed by atoms with Gasteiger partial charge >= 0.3 is 0 Å². The smallest absolute Gasteiger partial charge is 0.271 e. The van der Waals surface area contributed by atoms with Crippen LogP contribution in [0.2, 0.25) is 0 Å². The molecule has 1 aliphatic rings. The van der Waals surface area contributed by atoms with Crippen LogP contribution >= 0.6 is 0 Å². The number of primary amides is 1. The molecule has 0 bridgehead atoms. The standard InChI is InChI=1S/C32H31N5O4/c1-40-27-14-10-24(11-15-27)20-34-32-35-28(30(38)29(36-32)31(33)39)26-12-8-23(9-13-26)3-2-22-4-6-25(7-5-22)21-37-16-18-41-19-17-37/h4-15,38H,16-21H2,1H3,(H2,33,39)(H,34,35,36). The molecule has 3 aromatic carbocycles. The summed E-state index contributed by atoms with van der Waals surface area (Å²) in [5.41, 5.74) is 9.95. The average Bonchev–Trinajstić information content (AvgIpc) is 3.01. The zero-order valence-electron chi connectivity index (χ0n) is 22.8. The molecule has 2 heterocycles. The topological polar surface area (TPSA) is 123 Å². The van der Waals surface area contributed by atoms with Crippen molar-refractivity contribution in [3.05, 3.63) is 101 Å². The number of rotatable bonds is 8. The van der Waals surface area contributed by atoms with E-state index in [1.54, 1.807) is 19.2 Å². The Morgan fingerprint density at radius 1 is 0.951 bits per heavy atom. The fourth-order valence-corrected chi connectivity index (χ4v) is 4.40. The fraction of sp³-hybridized carbons (Fsp3) is 0.219. The molecule has 1 amide bonds. The third-order valence-corrected chi connectivity index (χ3v) is 6.70. The Morgan fingerprint density at radius 2 is 1.56 bits per heavy atom. The number of ether oxygens (including phenoxy) is 2. The number of carbonyl (C=O) groups excluding carboxylic acids is 1. The van der Waals surface area contributed by atoms with E-state index in [2.05, 4.69) is 44.2 Å². The molecule has 0 spiro atoms. The van der Waals surface area contributed by atoms with E-state index >= 15 is 0 Å². The van der Waals surface area contributed by atoms with E-state index in [1.165, 1.54) is 5.56 Å². The maximum absolute atomic E-state index is 12.0. The zero-order valence-corrected chi connectivity index (χ0v) is 22.8. The van der Waals surface area contributed by atoms with Gasteiger partial charge in [0, 0.05) is 42.9 Å². The summed E-state index contributed by atoms with van der Waals surface area (Å²) in [5.74, 6) is 6.07. The number of hydrogen-bond donors (Lipinski definition) is 3. The van der Waals surface area contributed by atoms with Crippen LogP contribution in [0.15, 0.2) is 72.8 Å². The van der Waals surface area contributed by atoms with Crippen LogP contribution in [-0.4, -0.2) is 59.3 Å². The minimum atomic E-state index is -0.850. The Labute approximate surface area is 239 Å². The molecule has 0 saturated carbocycles. The molecule has 4 N–H and O–H groups in total. The lowest BCUT2D eigenvalue weighted by atomic mass is 10.1. The predicted octanol–water partition coefficient (Wildman–Crippen LogP) is 3.80. The largest absolute Gasteiger partial charge is 0.504 e. The van der Waals surface area contributed by atoms with E-state index in [4.69, 9.17) is 15.2 Å². The lowest BCUT2D eigenvalue weighted by Crippen LogP contribution is -2.35. The quantitative estimate of drug-likeness (QED) is 0.284. The van der Waals surface area contributed by atoms with Crippen molar-refractivity contribution in [1.82, 2.24) is 14.9 Å². The number of nitrogens with two attached hydrogens (primary N) is 1. The number of nitrogens with zero attached hydrogens (tertiary/aromatic N) is 3. The van der Waals surface area contributed by atoms with Crippen molar-refractivity contribution in [2.24, 2.45) is 5.73 Å². The van der Waals surface area contributed by atoms with Crippen molar-refractivity contribution < 1.29 is 19.4 Å². The number of carbonyl (C=O) groups is 1. The summed E-state index contributed by atoms with van der Waals surface area (Å²) in [7, 11) is 1.61. The van der Waals surface area contributed by atoms with Gasteiger partial charge in [-0.3, -0.25) is 9.69 Å². The van der Waals surface area contributed by atoms with Crippen LogP contribution in [0.5, 0.6) is 11.5 Å². The minimum absolute atomic E-state index is 0.170. The van der Waals surface area contributed by atoms with Gasteiger partial charge in [0.15, 0.2) is 11.4 Å². The summed E-state index contributed by atoms with van der Waals surface area (Å²) in [4.78, 5) is 23.0. The minimum Gasteiger partial charge on any atom is -0.504 e. The monoisotopic (exact) mass is 549 g/mol. The maximum atomic E-state index is 12.0. The van der Waals surface area contributed by atoms with E-state index in [1.807, 2.05) is 48.5 Å². The Hall–Kier alpha value is -4.91. The van der Waals surface area contributed by atoms with E-state index in [0.29, 0.717) is 12.1 Å². The second-order valence-corrected chi connectivity index (χ2v) is 9.57. The Balaban J connectivity index is 1.29. The Kier molecular flexibility index (Phi) is 8.74. The highest BCUT2D eigenvalue weighted by atomic mass is 16.5. The molecule has 1 saturated heterocycles. The number of methoxy groups -OCH3 is 1. The molecule has 9 heteroatoms. The van der Waals surface area contributed by atoms with Gasteiger partial charge in [-0.1, -0.05) is 48.2 Å². The molecule has 208 valence electrons. The first kappa shape index (κ1) is 27.6. The lowest BCUT2D eigenvalue weighted by molar-refractivity contribution is 0.0342. The van der Waals surface area contributed by atoms with Crippen molar-refractivity contribution in [1.29, 1.82) is 0 Å². The number of benzene rings is 3. The van der Waals surface area contributed by atoms with Gasteiger partial charge in [0.1, 0.15) is 11.4 Å². The molecule has 1 aromatic heterocycles. The number of hydrogen-bond acceptors (Lipinski definition) is 8. The van der Waals surface area contributed by atoms with Gasteiger partial charge in [0.25, 0.3) is 5.91 Å². The molecule has 41 heavy (non-hydrogen) atoms. The number of aromatic hydroxyl groups is 1. The van der Waals surface area contributed by atoms with Gasteiger partial charge in [-0.2, -0.15) is 0 Å². The van der Waals surface area contributed by atoms with Crippen LogP contribution < -0.4 is 15.8 Å². The number of amides is 1. The Bertz CT molecular complexity index is 1550. The van der Waals surface area contributed by atoms with Crippen molar-refractivity contribution in [2.75, 3.05) is 38.7 Å². The first-order valence-corrected chi connectivity index (χ1v) is 13.3. The summed E-state index contributed by atoms with van der Waals surface area (Å²) in [5, 5.41) is 13.8. The van der Waals surface area contributed by atoms with Gasteiger partial charge < -0.3 is 25.6 Å². The molecular formula is C32H31N5O4. The van der Waals surface area contributed by atoms with Crippen LogP contribution in [-0.2, 0) is 17.8 Å². The highest BCUT2D eigenvalue weighted by Gasteiger charge is 2.19. The van der Waals surface area contributed by atoms with Crippen molar-refractivity contribution in [3.8, 4) is 34.6 Å². The van der Waals surface area contributed by atoms with E-state index in [0.717, 1.165) is 55.3 Å². The first-order valence-electron chi connectivity index (χ1n) is 13.3. The number of anilines is 1. The van der Waals surface area contributed by atoms with Gasteiger partial charge in [0.2, 0.25) is 5.95 Å². The molecule has 9 nitrogen and oxygen atoms in total. The maximum Gasteiger partial charge on any atom is 0.271 e. The predicted molar refractivity (Wildman–Crippen MR) is 156 cm³/mol. The summed E-state index contributed by atoms with van der Waals surface area (Å²) >= 11 is 0. The summed E-state index contributed by atoms with van der Waals surface area (Å²) < 4.78 is 10.6. The third kappa shape index (κ3) is 7.19. The molecule has 0 aliphatic carbocycles. The van der Waals surface area contributed by atoms with Gasteiger partial charge in [-0.15, -0.1) is 0 Å². The van der Waals surface area contributed by atoms with Crippen LogP contribution in [0.3, 0.4) is 0 Å². The van der Waals surface area contributed by atoms with E-state index < -0.39 is 5.91 Å². The SMILES string of the molecule is COc1ccc(CNc2nc(C(N)=O)c(O)c(-c3ccc(C#Cc4ccc(CN5CCOCC5)cc4)cc3)n2)cc1. The average molecular weight is 550 g/mol.